The van der Waals surface area contributed by atoms with Crippen LogP contribution in [-0.4, -0.2) is 40.6 Å². The minimum Gasteiger partial charge on any atom is -0.318 e. The lowest BCUT2D eigenvalue weighted by Crippen LogP contribution is -2.31. The van der Waals surface area contributed by atoms with Crippen LogP contribution in [0, 0.1) is 0 Å². The summed E-state index contributed by atoms with van der Waals surface area (Å²) in [6.07, 6.45) is 5.77. The molecule has 4 heteroatoms. The van der Waals surface area contributed by atoms with E-state index < -0.39 is 0 Å². The second-order valence-corrected chi connectivity index (χ2v) is 4.78. The second kappa shape index (κ2) is 7.82. The van der Waals surface area contributed by atoms with Crippen LogP contribution in [0.1, 0.15) is 19.5 Å². The van der Waals surface area contributed by atoms with Gasteiger partial charge < -0.3 is 14.8 Å². The zero-order valence-corrected chi connectivity index (χ0v) is 12.4. The molecule has 0 radical (unpaired) electrons. The van der Waals surface area contributed by atoms with Gasteiger partial charge in [0.25, 0.3) is 0 Å². The molecule has 2 aromatic heterocycles. The van der Waals surface area contributed by atoms with Gasteiger partial charge in [0.2, 0.25) is 0 Å². The topological polar surface area (TPSA) is 33.1 Å². The third-order valence-corrected chi connectivity index (χ3v) is 3.56. The van der Waals surface area contributed by atoms with E-state index in [1.165, 1.54) is 5.69 Å². The van der Waals surface area contributed by atoms with Crippen molar-refractivity contribution in [3.63, 3.8) is 0 Å². The van der Waals surface area contributed by atoms with Crippen molar-refractivity contribution < 1.29 is 0 Å². The summed E-state index contributed by atoms with van der Waals surface area (Å²) in [6, 6.07) is 8.27. The van der Waals surface area contributed by atoms with Crippen LogP contribution in [0.5, 0.6) is 0 Å². The smallest absolute Gasteiger partial charge is 0.0636 e. The Balaban J connectivity index is 1.87. The molecule has 0 aliphatic heterocycles. The molecule has 20 heavy (non-hydrogen) atoms. The van der Waals surface area contributed by atoms with E-state index in [0.717, 1.165) is 38.4 Å². The molecule has 0 aliphatic carbocycles. The molecule has 0 aromatic carbocycles. The number of pyridine rings is 1. The Morgan fingerprint density at radius 2 is 2.05 bits per heavy atom. The van der Waals surface area contributed by atoms with Crippen molar-refractivity contribution in [3.05, 3.63) is 48.5 Å². The van der Waals surface area contributed by atoms with E-state index in [1.54, 1.807) is 6.20 Å². The Kier molecular flexibility index (Phi) is 5.77. The lowest BCUT2D eigenvalue weighted by Gasteiger charge is -2.18. The van der Waals surface area contributed by atoms with Crippen LogP contribution in [0.2, 0.25) is 0 Å². The van der Waals surface area contributed by atoms with E-state index in [9.17, 15) is 0 Å². The van der Waals surface area contributed by atoms with Crippen LogP contribution in [0.3, 0.4) is 0 Å². The molecule has 0 saturated carbocycles. The van der Waals surface area contributed by atoms with Crippen molar-refractivity contribution in [1.82, 2.24) is 19.8 Å². The number of rotatable bonds is 8. The number of likely N-dealkylation sites (N-methyl/N-ethyl adjacent to an activating group) is 1. The number of hydrogen-bond donors (Lipinski definition) is 1. The molecular weight excluding hydrogens is 248 g/mol. The molecular formula is C16H24N4. The normalized spacial score (nSPS) is 11.2. The Hall–Kier alpha value is -1.65. The minimum absolute atomic E-state index is 0.878. The standard InChI is InChI=1S/C16H24N4/c1-3-19(4-2)12-10-18-14-16-8-6-11-20(16)15-7-5-9-17-13-15/h5-9,11,13,18H,3-4,10,12,14H2,1-2H3. The van der Waals surface area contributed by atoms with Gasteiger partial charge >= 0.3 is 0 Å². The van der Waals surface area contributed by atoms with Gasteiger partial charge in [0.05, 0.1) is 11.9 Å². The van der Waals surface area contributed by atoms with E-state index >= 15 is 0 Å². The lowest BCUT2D eigenvalue weighted by atomic mass is 10.3. The fraction of sp³-hybridized carbons (Fsp3) is 0.438. The summed E-state index contributed by atoms with van der Waals surface area (Å²) in [5.74, 6) is 0. The molecule has 0 atom stereocenters. The van der Waals surface area contributed by atoms with Gasteiger partial charge in [-0.15, -0.1) is 0 Å². The zero-order valence-electron chi connectivity index (χ0n) is 12.4. The van der Waals surface area contributed by atoms with Crippen molar-refractivity contribution in [3.8, 4) is 5.69 Å². The third kappa shape index (κ3) is 3.92. The van der Waals surface area contributed by atoms with Crippen molar-refractivity contribution in [2.45, 2.75) is 20.4 Å². The van der Waals surface area contributed by atoms with Gasteiger partial charge in [-0.3, -0.25) is 4.98 Å². The maximum atomic E-state index is 4.18. The predicted molar refractivity (Wildman–Crippen MR) is 83.1 cm³/mol. The molecule has 0 fully saturated rings. The maximum Gasteiger partial charge on any atom is 0.0636 e. The lowest BCUT2D eigenvalue weighted by molar-refractivity contribution is 0.302. The fourth-order valence-corrected chi connectivity index (χ4v) is 2.30. The maximum absolute atomic E-state index is 4.18. The van der Waals surface area contributed by atoms with Crippen molar-refractivity contribution in [2.24, 2.45) is 0 Å². The monoisotopic (exact) mass is 272 g/mol. The highest BCUT2D eigenvalue weighted by Gasteiger charge is 2.03. The van der Waals surface area contributed by atoms with E-state index in [4.69, 9.17) is 0 Å². The number of nitrogens with one attached hydrogen (secondary N) is 1. The Bertz CT molecular complexity index is 488. The van der Waals surface area contributed by atoms with Gasteiger partial charge in [-0.1, -0.05) is 13.8 Å². The van der Waals surface area contributed by atoms with Crippen LogP contribution in [-0.2, 0) is 6.54 Å². The summed E-state index contributed by atoms with van der Waals surface area (Å²) in [7, 11) is 0. The van der Waals surface area contributed by atoms with Gasteiger partial charge in [0, 0.05) is 37.7 Å². The second-order valence-electron chi connectivity index (χ2n) is 4.78. The Morgan fingerprint density at radius 3 is 2.75 bits per heavy atom. The minimum atomic E-state index is 0.878. The molecule has 0 bridgehead atoms. The van der Waals surface area contributed by atoms with Crippen LogP contribution in [0.25, 0.3) is 5.69 Å². The molecule has 4 nitrogen and oxygen atoms in total. The van der Waals surface area contributed by atoms with Crippen LogP contribution in [0.4, 0.5) is 0 Å². The zero-order chi connectivity index (χ0) is 14.2. The average Bonchev–Trinajstić information content (AvgIpc) is 2.97. The highest BCUT2D eigenvalue weighted by atomic mass is 15.1. The Labute approximate surface area is 121 Å². The summed E-state index contributed by atoms with van der Waals surface area (Å²) in [5.41, 5.74) is 2.37. The van der Waals surface area contributed by atoms with Crippen LogP contribution >= 0.6 is 0 Å². The van der Waals surface area contributed by atoms with E-state index in [0.29, 0.717) is 0 Å². The van der Waals surface area contributed by atoms with Gasteiger partial charge in [-0.05, 0) is 37.4 Å². The average molecular weight is 272 g/mol. The summed E-state index contributed by atoms with van der Waals surface area (Å²) in [4.78, 5) is 6.60. The largest absolute Gasteiger partial charge is 0.318 e. The molecule has 1 N–H and O–H groups in total. The van der Waals surface area contributed by atoms with E-state index in [-0.39, 0.29) is 0 Å². The van der Waals surface area contributed by atoms with Crippen molar-refractivity contribution >= 4 is 0 Å². The Morgan fingerprint density at radius 1 is 1.20 bits per heavy atom. The first-order valence-corrected chi connectivity index (χ1v) is 7.34. The molecule has 0 aliphatic rings. The predicted octanol–water partition coefficient (Wildman–Crippen LogP) is 2.30. The number of hydrogen-bond acceptors (Lipinski definition) is 3. The molecule has 2 rings (SSSR count). The van der Waals surface area contributed by atoms with E-state index in [1.807, 2.05) is 12.3 Å². The molecule has 0 unspecified atom stereocenters. The van der Waals surface area contributed by atoms with Gasteiger partial charge in [0.1, 0.15) is 0 Å². The van der Waals surface area contributed by atoms with Gasteiger partial charge in [-0.2, -0.15) is 0 Å². The van der Waals surface area contributed by atoms with Crippen LogP contribution < -0.4 is 5.32 Å². The number of nitrogens with zero attached hydrogens (tertiary/aromatic N) is 3. The molecule has 0 saturated heterocycles. The van der Waals surface area contributed by atoms with Crippen LogP contribution in [0.15, 0.2) is 42.9 Å². The molecule has 108 valence electrons. The first-order valence-electron chi connectivity index (χ1n) is 7.34. The summed E-state index contributed by atoms with van der Waals surface area (Å²) >= 11 is 0. The third-order valence-electron chi connectivity index (χ3n) is 3.56. The van der Waals surface area contributed by atoms with Gasteiger partial charge in [0.15, 0.2) is 0 Å². The highest BCUT2D eigenvalue weighted by Crippen LogP contribution is 2.10. The number of aromatic nitrogens is 2. The highest BCUT2D eigenvalue weighted by molar-refractivity contribution is 5.31. The molecule has 2 heterocycles. The van der Waals surface area contributed by atoms with Crippen molar-refractivity contribution in [1.29, 1.82) is 0 Å². The molecule has 0 amide bonds. The first-order chi connectivity index (χ1) is 9.85. The van der Waals surface area contributed by atoms with Crippen molar-refractivity contribution in [2.75, 3.05) is 26.2 Å². The van der Waals surface area contributed by atoms with Gasteiger partial charge in [-0.25, -0.2) is 0 Å². The molecule has 2 aromatic rings. The summed E-state index contributed by atoms with van der Waals surface area (Å²) in [6.45, 7) is 9.63. The quantitative estimate of drug-likeness (QED) is 0.749. The molecule has 0 spiro atoms. The fourth-order valence-electron chi connectivity index (χ4n) is 2.30. The summed E-state index contributed by atoms with van der Waals surface area (Å²) in [5, 5.41) is 3.51. The van der Waals surface area contributed by atoms with E-state index in [2.05, 4.69) is 58.0 Å². The first kappa shape index (κ1) is 14.8. The SMILES string of the molecule is CCN(CC)CCNCc1cccn1-c1cccnc1. The summed E-state index contributed by atoms with van der Waals surface area (Å²) < 4.78 is 2.18.